The number of benzene rings is 2. The monoisotopic (exact) mass is 284 g/mol. The van der Waals surface area contributed by atoms with E-state index in [1.165, 1.54) is 0 Å². The maximum absolute atomic E-state index is 10.9. The van der Waals surface area contributed by atoms with Crippen LogP contribution in [-0.4, -0.2) is 17.8 Å². The molecule has 2 aromatic carbocycles. The van der Waals surface area contributed by atoms with Crippen molar-refractivity contribution in [2.45, 2.75) is 31.3 Å². The summed E-state index contributed by atoms with van der Waals surface area (Å²) >= 11 is 0. The Hall–Kier alpha value is -1.68. The lowest BCUT2D eigenvalue weighted by molar-refractivity contribution is -0.241. The number of aliphatic hydroxyl groups is 1. The van der Waals surface area contributed by atoms with Crippen LogP contribution < -0.4 is 0 Å². The van der Waals surface area contributed by atoms with Gasteiger partial charge in [-0.25, -0.2) is 0 Å². The van der Waals surface area contributed by atoms with Crippen LogP contribution in [0.15, 0.2) is 60.7 Å². The van der Waals surface area contributed by atoms with E-state index >= 15 is 0 Å². The van der Waals surface area contributed by atoms with Gasteiger partial charge >= 0.3 is 0 Å². The molecule has 1 fully saturated rings. The second-order valence-electron chi connectivity index (χ2n) is 5.31. The second-order valence-corrected chi connectivity index (χ2v) is 5.31. The van der Waals surface area contributed by atoms with E-state index in [9.17, 15) is 5.11 Å². The summed E-state index contributed by atoms with van der Waals surface area (Å²) in [4.78, 5) is 0. The zero-order valence-electron chi connectivity index (χ0n) is 12.1. The average Bonchev–Trinajstić information content (AvgIpc) is 3.01. The van der Waals surface area contributed by atoms with Gasteiger partial charge in [-0.15, -0.1) is 0 Å². The van der Waals surface area contributed by atoms with E-state index < -0.39 is 11.9 Å². The average molecular weight is 284 g/mol. The number of rotatable bonds is 4. The summed E-state index contributed by atoms with van der Waals surface area (Å²) in [6, 6.07) is 19.2. The molecule has 0 aromatic heterocycles. The van der Waals surface area contributed by atoms with E-state index in [0.717, 1.165) is 17.5 Å². The van der Waals surface area contributed by atoms with Gasteiger partial charge in [0.2, 0.25) is 5.79 Å². The van der Waals surface area contributed by atoms with E-state index in [-0.39, 0.29) is 6.10 Å². The van der Waals surface area contributed by atoms with Crippen LogP contribution in [0.4, 0.5) is 0 Å². The fourth-order valence-corrected chi connectivity index (χ4v) is 2.71. The van der Waals surface area contributed by atoms with E-state index in [1.807, 2.05) is 60.7 Å². The van der Waals surface area contributed by atoms with E-state index in [2.05, 4.69) is 6.92 Å². The maximum Gasteiger partial charge on any atom is 0.226 e. The van der Waals surface area contributed by atoms with Gasteiger partial charge < -0.3 is 14.6 Å². The van der Waals surface area contributed by atoms with Crippen molar-refractivity contribution in [2.24, 2.45) is 0 Å². The molecule has 21 heavy (non-hydrogen) atoms. The summed E-state index contributed by atoms with van der Waals surface area (Å²) in [6.45, 7) is 2.55. The molecule has 0 aliphatic carbocycles. The first kappa shape index (κ1) is 14.3. The molecule has 3 nitrogen and oxygen atoms in total. The van der Waals surface area contributed by atoms with Crippen molar-refractivity contribution in [1.82, 2.24) is 0 Å². The second kappa shape index (κ2) is 5.98. The zero-order chi connectivity index (χ0) is 14.7. The minimum atomic E-state index is -1.12. The zero-order valence-corrected chi connectivity index (χ0v) is 12.1. The van der Waals surface area contributed by atoms with Gasteiger partial charge in [-0.3, -0.25) is 0 Å². The third-order valence-electron chi connectivity index (χ3n) is 3.93. The minimum absolute atomic E-state index is 0.00330. The van der Waals surface area contributed by atoms with Gasteiger partial charge in [0.25, 0.3) is 0 Å². The molecule has 0 radical (unpaired) electrons. The molecular weight excluding hydrogens is 264 g/mol. The Balaban J connectivity index is 2.01. The summed E-state index contributed by atoms with van der Waals surface area (Å²) in [6.07, 6.45) is -0.00275. The van der Waals surface area contributed by atoms with E-state index in [4.69, 9.17) is 9.47 Å². The third-order valence-corrected chi connectivity index (χ3v) is 3.93. The Morgan fingerprint density at radius 3 is 2.29 bits per heavy atom. The standard InChI is InChI=1S/C18H20O3/c1-2-16-13-20-18(21-16,15-11-7-4-8-12-15)17(19)14-9-5-3-6-10-14/h3-12,16-17,19H,2,13H2,1H3. The van der Waals surface area contributed by atoms with Gasteiger partial charge in [-0.05, 0) is 12.0 Å². The van der Waals surface area contributed by atoms with Crippen molar-refractivity contribution in [3.8, 4) is 0 Å². The van der Waals surface area contributed by atoms with Crippen LogP contribution in [-0.2, 0) is 15.3 Å². The predicted molar refractivity (Wildman–Crippen MR) is 80.6 cm³/mol. The summed E-state index contributed by atoms with van der Waals surface area (Å²) in [7, 11) is 0. The van der Waals surface area contributed by atoms with Crippen LogP contribution >= 0.6 is 0 Å². The number of hydrogen-bond acceptors (Lipinski definition) is 3. The highest BCUT2D eigenvalue weighted by Crippen LogP contribution is 2.44. The van der Waals surface area contributed by atoms with Crippen molar-refractivity contribution in [2.75, 3.05) is 6.61 Å². The van der Waals surface area contributed by atoms with Crippen molar-refractivity contribution in [3.63, 3.8) is 0 Å². The van der Waals surface area contributed by atoms with Crippen LogP contribution in [0.2, 0.25) is 0 Å². The van der Waals surface area contributed by atoms with Crippen molar-refractivity contribution < 1.29 is 14.6 Å². The highest BCUT2D eigenvalue weighted by atomic mass is 16.8. The molecule has 3 unspecified atom stereocenters. The fraction of sp³-hybridized carbons (Fsp3) is 0.333. The van der Waals surface area contributed by atoms with Crippen LogP contribution in [0.3, 0.4) is 0 Å². The smallest absolute Gasteiger partial charge is 0.226 e. The molecule has 2 aromatic rings. The first-order chi connectivity index (χ1) is 10.3. The van der Waals surface area contributed by atoms with Crippen LogP contribution in [0.25, 0.3) is 0 Å². The van der Waals surface area contributed by atoms with Crippen molar-refractivity contribution >= 4 is 0 Å². The number of ether oxygens (including phenoxy) is 2. The molecule has 3 rings (SSSR count). The lowest BCUT2D eigenvalue weighted by atomic mass is 9.94. The molecule has 3 atom stereocenters. The summed E-state index contributed by atoms with van der Waals surface area (Å²) in [5, 5.41) is 10.9. The topological polar surface area (TPSA) is 38.7 Å². The van der Waals surface area contributed by atoms with Gasteiger partial charge in [-0.1, -0.05) is 67.6 Å². The van der Waals surface area contributed by atoms with Gasteiger partial charge in [0.1, 0.15) is 6.10 Å². The largest absolute Gasteiger partial charge is 0.382 e. The highest BCUT2D eigenvalue weighted by molar-refractivity contribution is 5.28. The molecule has 1 aliphatic rings. The summed E-state index contributed by atoms with van der Waals surface area (Å²) in [5.74, 6) is -1.12. The van der Waals surface area contributed by atoms with E-state index in [1.54, 1.807) is 0 Å². The maximum atomic E-state index is 10.9. The Morgan fingerprint density at radius 1 is 1.10 bits per heavy atom. The molecule has 1 aliphatic heterocycles. The van der Waals surface area contributed by atoms with Gasteiger partial charge in [0, 0.05) is 5.56 Å². The molecular formula is C18H20O3. The molecule has 3 heteroatoms. The fourth-order valence-electron chi connectivity index (χ4n) is 2.71. The first-order valence-electron chi connectivity index (χ1n) is 7.36. The molecule has 0 spiro atoms. The Bertz CT molecular complexity index is 570. The predicted octanol–water partition coefficient (Wildman–Crippen LogP) is 3.40. The normalized spacial score (nSPS) is 26.7. The number of aliphatic hydroxyl groups excluding tert-OH is 1. The summed E-state index contributed by atoms with van der Waals surface area (Å²) < 4.78 is 12.1. The van der Waals surface area contributed by atoms with Gasteiger partial charge in [0.05, 0.1) is 12.7 Å². The van der Waals surface area contributed by atoms with Crippen LogP contribution in [0.5, 0.6) is 0 Å². The Labute approximate surface area is 125 Å². The van der Waals surface area contributed by atoms with Crippen LogP contribution in [0.1, 0.15) is 30.6 Å². The third kappa shape index (κ3) is 2.60. The highest BCUT2D eigenvalue weighted by Gasteiger charge is 2.49. The first-order valence-corrected chi connectivity index (χ1v) is 7.36. The van der Waals surface area contributed by atoms with E-state index in [0.29, 0.717) is 6.61 Å². The molecule has 0 saturated carbocycles. The lowest BCUT2D eigenvalue weighted by Crippen LogP contribution is -2.35. The minimum Gasteiger partial charge on any atom is -0.382 e. The lowest BCUT2D eigenvalue weighted by Gasteiger charge is -2.33. The van der Waals surface area contributed by atoms with Crippen LogP contribution in [0, 0.1) is 0 Å². The molecule has 110 valence electrons. The molecule has 0 amide bonds. The van der Waals surface area contributed by atoms with Gasteiger partial charge in [0.15, 0.2) is 0 Å². The quantitative estimate of drug-likeness (QED) is 0.935. The molecule has 1 heterocycles. The van der Waals surface area contributed by atoms with Gasteiger partial charge in [-0.2, -0.15) is 0 Å². The summed E-state index contributed by atoms with van der Waals surface area (Å²) in [5.41, 5.74) is 1.63. The molecule has 0 bridgehead atoms. The van der Waals surface area contributed by atoms with Crippen molar-refractivity contribution in [1.29, 1.82) is 0 Å². The Morgan fingerprint density at radius 2 is 1.71 bits per heavy atom. The Kier molecular flexibility index (Phi) is 4.06. The number of hydrogen-bond donors (Lipinski definition) is 1. The molecule has 1 N–H and O–H groups in total. The molecule has 1 saturated heterocycles. The van der Waals surface area contributed by atoms with Crippen molar-refractivity contribution in [3.05, 3.63) is 71.8 Å². The SMILES string of the molecule is CCC1COC(c2ccccc2)(C(O)c2ccccc2)O1.